The normalized spacial score (nSPS) is 10.4. The van der Waals surface area contributed by atoms with Gasteiger partial charge in [-0.15, -0.1) is 0 Å². The van der Waals surface area contributed by atoms with Gasteiger partial charge in [0.15, 0.2) is 0 Å². The molecule has 3 aromatic rings. The molecule has 0 aliphatic heterocycles. The van der Waals surface area contributed by atoms with Gasteiger partial charge in [-0.25, -0.2) is 4.79 Å². The molecule has 25 heavy (non-hydrogen) atoms. The molecule has 126 valence electrons. The average Bonchev–Trinajstić information content (AvgIpc) is 2.61. The van der Waals surface area contributed by atoms with E-state index in [1.54, 1.807) is 42.6 Å². The first-order chi connectivity index (χ1) is 12.1. The van der Waals surface area contributed by atoms with E-state index in [1.807, 2.05) is 13.0 Å². The van der Waals surface area contributed by atoms with Gasteiger partial charge < -0.3 is 9.47 Å². The number of carbonyl (C=O) groups is 1. The fourth-order valence-corrected chi connectivity index (χ4v) is 2.29. The van der Waals surface area contributed by atoms with E-state index in [2.05, 4.69) is 11.6 Å². The van der Waals surface area contributed by atoms with E-state index < -0.39 is 5.97 Å². The standard InChI is InChI=1S/C19H16N2O4/c1-3-11-24-15-8-6-14(7-9-15)19(23)25-16-12-17(22)21-10-4-5-13(2)18(21)20-16/h3-10,12H,1,11H2,2H3. The van der Waals surface area contributed by atoms with Gasteiger partial charge in [-0.1, -0.05) is 18.7 Å². The molecule has 0 aliphatic rings. The van der Waals surface area contributed by atoms with Crippen molar-refractivity contribution < 1.29 is 14.3 Å². The number of ether oxygens (including phenoxy) is 2. The summed E-state index contributed by atoms with van der Waals surface area (Å²) < 4.78 is 12.0. The predicted molar refractivity (Wildman–Crippen MR) is 93.3 cm³/mol. The largest absolute Gasteiger partial charge is 0.490 e. The van der Waals surface area contributed by atoms with Crippen LogP contribution in [0.2, 0.25) is 0 Å². The Labute approximate surface area is 144 Å². The second kappa shape index (κ2) is 7.00. The third-order valence-electron chi connectivity index (χ3n) is 3.52. The van der Waals surface area contributed by atoms with Crippen molar-refractivity contribution in [2.45, 2.75) is 6.92 Å². The maximum atomic E-state index is 12.2. The Morgan fingerprint density at radius 2 is 2.04 bits per heavy atom. The Hall–Kier alpha value is -3.41. The van der Waals surface area contributed by atoms with E-state index in [9.17, 15) is 9.59 Å². The van der Waals surface area contributed by atoms with Crippen molar-refractivity contribution in [2.75, 3.05) is 6.61 Å². The van der Waals surface area contributed by atoms with Gasteiger partial charge in [0.1, 0.15) is 18.0 Å². The molecule has 6 nitrogen and oxygen atoms in total. The summed E-state index contributed by atoms with van der Waals surface area (Å²) >= 11 is 0. The Balaban J connectivity index is 1.83. The number of rotatable bonds is 5. The third-order valence-corrected chi connectivity index (χ3v) is 3.52. The molecular weight excluding hydrogens is 320 g/mol. The summed E-state index contributed by atoms with van der Waals surface area (Å²) in [4.78, 5) is 28.6. The smallest absolute Gasteiger partial charge is 0.344 e. The minimum Gasteiger partial charge on any atom is -0.490 e. The highest BCUT2D eigenvalue weighted by atomic mass is 16.5. The molecule has 0 saturated carbocycles. The lowest BCUT2D eigenvalue weighted by Crippen LogP contribution is -2.17. The highest BCUT2D eigenvalue weighted by Gasteiger charge is 2.12. The van der Waals surface area contributed by atoms with Crippen molar-refractivity contribution in [3.05, 3.63) is 82.8 Å². The van der Waals surface area contributed by atoms with Crippen LogP contribution in [0.3, 0.4) is 0 Å². The zero-order chi connectivity index (χ0) is 17.8. The van der Waals surface area contributed by atoms with Crippen LogP contribution in [0.15, 0.2) is 66.1 Å². The first-order valence-electron chi connectivity index (χ1n) is 7.63. The molecular formula is C19H16N2O4. The van der Waals surface area contributed by atoms with Crippen LogP contribution < -0.4 is 15.0 Å². The number of pyridine rings is 1. The minimum atomic E-state index is -0.597. The lowest BCUT2D eigenvalue weighted by molar-refractivity contribution is 0.0727. The quantitative estimate of drug-likeness (QED) is 0.529. The summed E-state index contributed by atoms with van der Waals surface area (Å²) in [7, 11) is 0. The highest BCUT2D eigenvalue weighted by Crippen LogP contribution is 2.15. The SMILES string of the molecule is C=CCOc1ccc(C(=O)Oc2cc(=O)n3cccc(C)c3n2)cc1. The van der Waals surface area contributed by atoms with Crippen LogP contribution in [0.1, 0.15) is 15.9 Å². The van der Waals surface area contributed by atoms with E-state index in [-0.39, 0.29) is 11.4 Å². The van der Waals surface area contributed by atoms with Crippen molar-refractivity contribution in [1.29, 1.82) is 0 Å². The molecule has 2 heterocycles. The van der Waals surface area contributed by atoms with Gasteiger partial charge in [-0.3, -0.25) is 9.20 Å². The molecule has 1 aromatic carbocycles. The van der Waals surface area contributed by atoms with Crippen molar-refractivity contribution in [3.8, 4) is 11.6 Å². The molecule has 0 unspecified atom stereocenters. The monoisotopic (exact) mass is 336 g/mol. The Morgan fingerprint density at radius 1 is 1.28 bits per heavy atom. The van der Waals surface area contributed by atoms with Crippen molar-refractivity contribution >= 4 is 11.6 Å². The molecule has 0 amide bonds. The minimum absolute atomic E-state index is 0.0312. The molecule has 0 saturated heterocycles. The summed E-state index contributed by atoms with van der Waals surface area (Å²) in [6, 6.07) is 11.3. The van der Waals surface area contributed by atoms with Gasteiger partial charge in [-0.2, -0.15) is 4.98 Å². The number of aryl methyl sites for hydroxylation is 1. The maximum absolute atomic E-state index is 12.2. The summed E-state index contributed by atoms with van der Waals surface area (Å²) in [5.41, 5.74) is 1.27. The van der Waals surface area contributed by atoms with Crippen LogP contribution in [0.5, 0.6) is 11.6 Å². The Kier molecular flexibility index (Phi) is 4.61. The van der Waals surface area contributed by atoms with Crippen molar-refractivity contribution in [3.63, 3.8) is 0 Å². The topological polar surface area (TPSA) is 69.9 Å². The summed E-state index contributed by atoms with van der Waals surface area (Å²) in [6.07, 6.45) is 3.25. The summed E-state index contributed by atoms with van der Waals surface area (Å²) in [6.45, 7) is 5.78. The lowest BCUT2D eigenvalue weighted by Gasteiger charge is -2.07. The van der Waals surface area contributed by atoms with E-state index in [0.717, 1.165) is 5.56 Å². The maximum Gasteiger partial charge on any atom is 0.344 e. The van der Waals surface area contributed by atoms with E-state index >= 15 is 0 Å². The Morgan fingerprint density at radius 3 is 2.76 bits per heavy atom. The first-order valence-corrected chi connectivity index (χ1v) is 7.63. The fourth-order valence-electron chi connectivity index (χ4n) is 2.29. The molecule has 0 N–H and O–H groups in total. The van der Waals surface area contributed by atoms with Gasteiger partial charge >= 0.3 is 5.97 Å². The molecule has 0 spiro atoms. The summed E-state index contributed by atoms with van der Waals surface area (Å²) in [5, 5.41) is 0. The number of aromatic nitrogens is 2. The van der Waals surface area contributed by atoms with Crippen LogP contribution in [-0.2, 0) is 0 Å². The van der Waals surface area contributed by atoms with Gasteiger partial charge in [0, 0.05) is 6.20 Å². The van der Waals surface area contributed by atoms with Crippen LogP contribution in [0.25, 0.3) is 5.65 Å². The number of benzene rings is 1. The summed E-state index contributed by atoms with van der Waals surface area (Å²) in [5.74, 6) is -0.00876. The van der Waals surface area contributed by atoms with Crippen LogP contribution >= 0.6 is 0 Å². The van der Waals surface area contributed by atoms with Crippen molar-refractivity contribution in [1.82, 2.24) is 9.38 Å². The van der Waals surface area contributed by atoms with Gasteiger partial charge in [0.2, 0.25) is 5.88 Å². The molecule has 3 rings (SSSR count). The second-order valence-corrected chi connectivity index (χ2v) is 5.33. The molecule has 0 aliphatic carbocycles. The number of hydrogen-bond donors (Lipinski definition) is 0. The number of carbonyl (C=O) groups excluding carboxylic acids is 1. The van der Waals surface area contributed by atoms with Crippen LogP contribution in [0.4, 0.5) is 0 Å². The van der Waals surface area contributed by atoms with Crippen molar-refractivity contribution in [2.24, 2.45) is 0 Å². The average molecular weight is 336 g/mol. The highest BCUT2D eigenvalue weighted by molar-refractivity contribution is 5.91. The van der Waals surface area contributed by atoms with Gasteiger partial charge in [0.05, 0.1) is 11.6 Å². The molecule has 2 aromatic heterocycles. The van der Waals surface area contributed by atoms with Crippen LogP contribution in [0, 0.1) is 6.92 Å². The number of esters is 1. The zero-order valence-corrected chi connectivity index (χ0v) is 13.6. The number of fused-ring (bicyclic) bond motifs is 1. The fraction of sp³-hybridized carbons (Fsp3) is 0.105. The van der Waals surface area contributed by atoms with E-state index in [4.69, 9.17) is 9.47 Å². The second-order valence-electron chi connectivity index (χ2n) is 5.33. The number of nitrogens with zero attached hydrogens (tertiary/aromatic N) is 2. The zero-order valence-electron chi connectivity index (χ0n) is 13.6. The van der Waals surface area contributed by atoms with Crippen LogP contribution in [-0.4, -0.2) is 22.0 Å². The molecule has 0 fully saturated rings. The molecule has 6 heteroatoms. The van der Waals surface area contributed by atoms with E-state index in [1.165, 1.54) is 10.5 Å². The third kappa shape index (κ3) is 3.58. The molecule has 0 bridgehead atoms. The molecule has 0 atom stereocenters. The van der Waals surface area contributed by atoms with Gasteiger partial charge in [0.25, 0.3) is 5.56 Å². The van der Waals surface area contributed by atoms with E-state index in [0.29, 0.717) is 23.6 Å². The Bertz CT molecular complexity index is 990. The first kappa shape index (κ1) is 16.4. The number of hydrogen-bond acceptors (Lipinski definition) is 5. The predicted octanol–water partition coefficient (Wildman–Crippen LogP) is 2.79. The molecule has 0 radical (unpaired) electrons. The lowest BCUT2D eigenvalue weighted by atomic mass is 10.2. The van der Waals surface area contributed by atoms with Gasteiger partial charge in [-0.05, 0) is 42.8 Å².